The molecule has 1 amide bonds. The lowest BCUT2D eigenvalue weighted by atomic mass is 9.91. The predicted molar refractivity (Wildman–Crippen MR) is 67.6 cm³/mol. The van der Waals surface area contributed by atoms with Gasteiger partial charge in [0.1, 0.15) is 0 Å². The summed E-state index contributed by atoms with van der Waals surface area (Å²) in [5, 5.41) is 0. The summed E-state index contributed by atoms with van der Waals surface area (Å²) >= 11 is 0. The molecule has 5 nitrogen and oxygen atoms in total. The lowest BCUT2D eigenvalue weighted by Crippen LogP contribution is -2.45. The summed E-state index contributed by atoms with van der Waals surface area (Å²) in [4.78, 5) is 19.0. The summed E-state index contributed by atoms with van der Waals surface area (Å²) in [6.45, 7) is 5.06. The zero-order valence-corrected chi connectivity index (χ0v) is 10.3. The Morgan fingerprint density at radius 3 is 2.83 bits per heavy atom. The number of nitrogens with zero attached hydrogens (tertiary/aromatic N) is 3. The fourth-order valence-corrected chi connectivity index (χ4v) is 2.60. The standard InChI is InChI=1S/C13H17N3O2/c17-10-15-8-11(9-15)12-7-14-2-1-13(12)16-3-5-18-6-4-16/h1-2,7,10-11H,3-6,8-9H2. The average molecular weight is 247 g/mol. The van der Waals surface area contributed by atoms with Crippen LogP contribution in [0.3, 0.4) is 0 Å². The summed E-state index contributed by atoms with van der Waals surface area (Å²) in [6.07, 6.45) is 4.70. The Morgan fingerprint density at radius 2 is 2.11 bits per heavy atom. The van der Waals surface area contributed by atoms with E-state index in [0.29, 0.717) is 5.92 Å². The number of anilines is 1. The minimum atomic E-state index is 0.432. The van der Waals surface area contributed by atoms with Crippen LogP contribution in [0, 0.1) is 0 Å². The molecular formula is C13H17N3O2. The number of carbonyl (C=O) groups is 1. The predicted octanol–water partition coefficient (Wildman–Crippen LogP) is 0.474. The number of amides is 1. The Morgan fingerprint density at radius 1 is 1.33 bits per heavy atom. The quantitative estimate of drug-likeness (QED) is 0.729. The molecule has 2 aliphatic rings. The molecule has 5 heteroatoms. The van der Waals surface area contributed by atoms with E-state index < -0.39 is 0 Å². The summed E-state index contributed by atoms with van der Waals surface area (Å²) in [7, 11) is 0. The number of hydrogen-bond donors (Lipinski definition) is 0. The van der Waals surface area contributed by atoms with Crippen molar-refractivity contribution in [2.24, 2.45) is 0 Å². The number of likely N-dealkylation sites (tertiary alicyclic amines) is 1. The SMILES string of the molecule is O=CN1CC(c2cnccc2N2CCOCC2)C1. The van der Waals surface area contributed by atoms with Crippen molar-refractivity contribution in [1.82, 2.24) is 9.88 Å². The molecule has 0 atom stereocenters. The molecular weight excluding hydrogens is 230 g/mol. The molecule has 0 unspecified atom stereocenters. The fraction of sp³-hybridized carbons (Fsp3) is 0.538. The lowest BCUT2D eigenvalue weighted by Gasteiger charge is -2.39. The molecule has 2 saturated heterocycles. The van der Waals surface area contributed by atoms with Crippen LogP contribution < -0.4 is 4.90 Å². The third kappa shape index (κ3) is 2.06. The van der Waals surface area contributed by atoms with Gasteiger partial charge in [0.25, 0.3) is 0 Å². The van der Waals surface area contributed by atoms with E-state index in [4.69, 9.17) is 4.74 Å². The van der Waals surface area contributed by atoms with Crippen molar-refractivity contribution >= 4 is 12.1 Å². The number of aromatic nitrogens is 1. The molecule has 2 fully saturated rings. The van der Waals surface area contributed by atoms with Crippen LogP contribution >= 0.6 is 0 Å². The molecule has 0 aliphatic carbocycles. The van der Waals surface area contributed by atoms with E-state index in [1.54, 1.807) is 4.90 Å². The highest BCUT2D eigenvalue weighted by molar-refractivity contribution is 5.57. The third-order valence-corrected chi connectivity index (χ3v) is 3.68. The minimum Gasteiger partial charge on any atom is -0.378 e. The number of carbonyl (C=O) groups excluding carboxylic acids is 1. The van der Waals surface area contributed by atoms with Crippen LogP contribution in [0.15, 0.2) is 18.5 Å². The Bertz CT molecular complexity index is 426. The highest BCUT2D eigenvalue weighted by atomic mass is 16.5. The van der Waals surface area contributed by atoms with Gasteiger partial charge in [0.2, 0.25) is 6.41 Å². The summed E-state index contributed by atoms with van der Waals surface area (Å²) in [6, 6.07) is 2.07. The van der Waals surface area contributed by atoms with Gasteiger partial charge in [-0.2, -0.15) is 0 Å². The van der Waals surface area contributed by atoms with Gasteiger partial charge in [0, 0.05) is 55.7 Å². The van der Waals surface area contributed by atoms with Crippen molar-refractivity contribution in [2.45, 2.75) is 5.92 Å². The van der Waals surface area contributed by atoms with E-state index in [2.05, 4.69) is 16.0 Å². The fourth-order valence-electron chi connectivity index (χ4n) is 2.60. The van der Waals surface area contributed by atoms with Gasteiger partial charge >= 0.3 is 0 Å². The van der Waals surface area contributed by atoms with Crippen molar-refractivity contribution in [2.75, 3.05) is 44.3 Å². The van der Waals surface area contributed by atoms with Gasteiger partial charge in [-0.3, -0.25) is 9.78 Å². The molecule has 1 aromatic rings. The Labute approximate surface area is 106 Å². The molecule has 3 heterocycles. The van der Waals surface area contributed by atoms with E-state index in [1.807, 2.05) is 12.4 Å². The van der Waals surface area contributed by atoms with E-state index in [1.165, 1.54) is 11.3 Å². The van der Waals surface area contributed by atoms with Crippen LogP contribution in [0.2, 0.25) is 0 Å². The second kappa shape index (κ2) is 4.94. The second-order valence-corrected chi connectivity index (χ2v) is 4.79. The lowest BCUT2D eigenvalue weighted by molar-refractivity contribution is -0.122. The minimum absolute atomic E-state index is 0.432. The normalized spacial score (nSPS) is 20.7. The number of hydrogen-bond acceptors (Lipinski definition) is 4. The van der Waals surface area contributed by atoms with Gasteiger partial charge in [-0.25, -0.2) is 0 Å². The third-order valence-electron chi connectivity index (χ3n) is 3.68. The van der Waals surface area contributed by atoms with E-state index in [0.717, 1.165) is 45.8 Å². The first kappa shape index (κ1) is 11.5. The van der Waals surface area contributed by atoms with Gasteiger partial charge in [-0.05, 0) is 6.07 Å². The van der Waals surface area contributed by atoms with Gasteiger partial charge in [-0.15, -0.1) is 0 Å². The summed E-state index contributed by atoms with van der Waals surface area (Å²) in [5.41, 5.74) is 2.52. The summed E-state index contributed by atoms with van der Waals surface area (Å²) < 4.78 is 5.38. The molecule has 2 aliphatic heterocycles. The Hall–Kier alpha value is -1.62. The van der Waals surface area contributed by atoms with Crippen LogP contribution in [-0.4, -0.2) is 55.7 Å². The number of morpholine rings is 1. The smallest absolute Gasteiger partial charge is 0.209 e. The maximum atomic E-state index is 10.6. The Balaban J connectivity index is 1.79. The first-order valence-electron chi connectivity index (χ1n) is 6.34. The van der Waals surface area contributed by atoms with Gasteiger partial charge in [0.05, 0.1) is 13.2 Å². The van der Waals surface area contributed by atoms with Gasteiger partial charge in [-0.1, -0.05) is 0 Å². The molecule has 3 rings (SSSR count). The largest absolute Gasteiger partial charge is 0.378 e. The van der Waals surface area contributed by atoms with Crippen LogP contribution in [0.4, 0.5) is 5.69 Å². The van der Waals surface area contributed by atoms with Gasteiger partial charge in [0.15, 0.2) is 0 Å². The zero-order valence-electron chi connectivity index (χ0n) is 10.3. The van der Waals surface area contributed by atoms with Crippen molar-refractivity contribution in [3.63, 3.8) is 0 Å². The molecule has 0 N–H and O–H groups in total. The molecule has 0 aromatic carbocycles. The highest BCUT2D eigenvalue weighted by Crippen LogP contribution is 2.32. The zero-order chi connectivity index (χ0) is 12.4. The molecule has 0 spiro atoms. The number of rotatable bonds is 3. The molecule has 1 aromatic heterocycles. The molecule has 18 heavy (non-hydrogen) atoms. The maximum absolute atomic E-state index is 10.6. The molecule has 0 bridgehead atoms. The highest BCUT2D eigenvalue weighted by Gasteiger charge is 2.30. The average Bonchev–Trinajstić information content (AvgIpc) is 2.39. The van der Waals surface area contributed by atoms with Crippen molar-refractivity contribution in [1.29, 1.82) is 0 Å². The first-order valence-corrected chi connectivity index (χ1v) is 6.34. The van der Waals surface area contributed by atoms with Crippen molar-refractivity contribution in [3.05, 3.63) is 24.0 Å². The van der Waals surface area contributed by atoms with Crippen LogP contribution in [0.5, 0.6) is 0 Å². The Kier molecular flexibility index (Phi) is 3.15. The monoisotopic (exact) mass is 247 g/mol. The van der Waals surface area contributed by atoms with Crippen molar-refractivity contribution in [3.8, 4) is 0 Å². The molecule has 96 valence electrons. The number of pyridine rings is 1. The second-order valence-electron chi connectivity index (χ2n) is 4.79. The van der Waals surface area contributed by atoms with E-state index >= 15 is 0 Å². The van der Waals surface area contributed by atoms with Crippen molar-refractivity contribution < 1.29 is 9.53 Å². The molecule has 0 saturated carbocycles. The maximum Gasteiger partial charge on any atom is 0.209 e. The van der Waals surface area contributed by atoms with Crippen LogP contribution in [0.25, 0.3) is 0 Å². The number of ether oxygens (including phenoxy) is 1. The van der Waals surface area contributed by atoms with Crippen LogP contribution in [0.1, 0.15) is 11.5 Å². The topological polar surface area (TPSA) is 45.7 Å². The summed E-state index contributed by atoms with van der Waals surface area (Å²) in [5.74, 6) is 0.432. The van der Waals surface area contributed by atoms with E-state index in [9.17, 15) is 4.79 Å². The van der Waals surface area contributed by atoms with Crippen LogP contribution in [-0.2, 0) is 9.53 Å². The van der Waals surface area contributed by atoms with E-state index in [-0.39, 0.29) is 0 Å². The molecule has 0 radical (unpaired) electrons. The van der Waals surface area contributed by atoms with Gasteiger partial charge < -0.3 is 14.5 Å². The first-order chi connectivity index (χ1) is 8.88.